The lowest BCUT2D eigenvalue weighted by atomic mass is 10.0. The van der Waals surface area contributed by atoms with Crippen LogP contribution in [0, 0.1) is 0 Å². The summed E-state index contributed by atoms with van der Waals surface area (Å²) in [5, 5.41) is 0. The maximum absolute atomic E-state index is 11.7. The number of ketones is 1. The van der Waals surface area contributed by atoms with Crippen molar-refractivity contribution in [2.45, 2.75) is 25.3 Å². The van der Waals surface area contributed by atoms with Crippen molar-refractivity contribution in [2.24, 2.45) is 0 Å². The fourth-order valence-corrected chi connectivity index (χ4v) is 2.10. The van der Waals surface area contributed by atoms with E-state index in [9.17, 15) is 4.79 Å². The minimum absolute atomic E-state index is 0.365. The average molecular weight is 228 g/mol. The van der Waals surface area contributed by atoms with Crippen molar-refractivity contribution >= 4 is 5.78 Å². The van der Waals surface area contributed by atoms with Gasteiger partial charge in [0.25, 0.3) is 0 Å². The first-order valence-electron chi connectivity index (χ1n) is 6.03. The van der Waals surface area contributed by atoms with Gasteiger partial charge in [0.15, 0.2) is 0 Å². The number of hydrogen-bond acceptors (Lipinski definition) is 4. The van der Waals surface area contributed by atoms with Gasteiger partial charge in [0.2, 0.25) is 0 Å². The Kier molecular flexibility index (Phi) is 5.95. The van der Waals surface area contributed by atoms with Gasteiger partial charge in [-0.2, -0.15) is 0 Å². The van der Waals surface area contributed by atoms with E-state index in [0.29, 0.717) is 31.3 Å². The second-order valence-electron chi connectivity index (χ2n) is 4.74. The van der Waals surface area contributed by atoms with Crippen molar-refractivity contribution in [3.63, 3.8) is 0 Å². The van der Waals surface area contributed by atoms with E-state index in [4.69, 9.17) is 4.74 Å². The Bertz CT molecular complexity index is 221. The Morgan fingerprint density at radius 3 is 2.81 bits per heavy atom. The Labute approximate surface area is 98.5 Å². The molecule has 1 aliphatic rings. The maximum Gasteiger partial charge on any atom is 0.134 e. The molecule has 16 heavy (non-hydrogen) atoms. The van der Waals surface area contributed by atoms with Gasteiger partial charge in [-0.25, -0.2) is 0 Å². The van der Waals surface area contributed by atoms with Crippen LogP contribution in [0.2, 0.25) is 0 Å². The van der Waals surface area contributed by atoms with Crippen molar-refractivity contribution in [3.05, 3.63) is 0 Å². The molecule has 1 heterocycles. The van der Waals surface area contributed by atoms with Crippen LogP contribution in [0.15, 0.2) is 0 Å². The molecular weight excluding hydrogens is 204 g/mol. The second kappa shape index (κ2) is 6.99. The summed E-state index contributed by atoms with van der Waals surface area (Å²) in [6.45, 7) is 3.86. The fraction of sp³-hybridized carbons (Fsp3) is 0.917. The van der Waals surface area contributed by atoms with Crippen LogP contribution in [0.4, 0.5) is 0 Å². The van der Waals surface area contributed by atoms with Crippen LogP contribution >= 0.6 is 0 Å². The third kappa shape index (κ3) is 4.60. The van der Waals surface area contributed by atoms with E-state index in [1.165, 1.54) is 0 Å². The van der Waals surface area contributed by atoms with E-state index < -0.39 is 0 Å². The number of rotatable bonds is 6. The van der Waals surface area contributed by atoms with Crippen molar-refractivity contribution in [3.8, 4) is 0 Å². The van der Waals surface area contributed by atoms with Gasteiger partial charge in [-0.1, -0.05) is 0 Å². The highest BCUT2D eigenvalue weighted by Gasteiger charge is 2.23. The molecule has 1 aliphatic heterocycles. The molecule has 1 unspecified atom stereocenters. The maximum atomic E-state index is 11.7. The van der Waals surface area contributed by atoms with Crippen LogP contribution in [0.25, 0.3) is 0 Å². The van der Waals surface area contributed by atoms with Gasteiger partial charge < -0.3 is 14.5 Å². The average Bonchev–Trinajstić information content (AvgIpc) is 2.24. The standard InChI is InChI=1S/C12H24N2O2/c1-13-6-7-14(2)11(10-13)9-12(15)5-4-8-16-3/h11H,4-10H2,1-3H3. The lowest BCUT2D eigenvalue weighted by Gasteiger charge is -2.37. The second-order valence-corrected chi connectivity index (χ2v) is 4.74. The lowest BCUT2D eigenvalue weighted by molar-refractivity contribution is -0.121. The third-order valence-corrected chi connectivity index (χ3v) is 3.25. The topological polar surface area (TPSA) is 32.8 Å². The molecule has 0 amide bonds. The minimum atomic E-state index is 0.365. The number of likely N-dealkylation sites (N-methyl/N-ethyl adjacent to an activating group) is 2. The molecule has 0 aromatic carbocycles. The quantitative estimate of drug-likeness (QED) is 0.624. The summed E-state index contributed by atoms with van der Waals surface area (Å²) in [7, 11) is 5.91. The van der Waals surface area contributed by atoms with Crippen LogP contribution in [0.3, 0.4) is 0 Å². The SMILES string of the molecule is COCCCC(=O)CC1CN(C)CCN1C. The largest absolute Gasteiger partial charge is 0.385 e. The van der Waals surface area contributed by atoms with Gasteiger partial charge in [0.05, 0.1) is 0 Å². The molecule has 1 saturated heterocycles. The number of hydrogen-bond donors (Lipinski definition) is 0. The highest BCUT2D eigenvalue weighted by Crippen LogP contribution is 2.11. The van der Waals surface area contributed by atoms with Gasteiger partial charge in [-0.05, 0) is 20.5 Å². The van der Waals surface area contributed by atoms with Gasteiger partial charge >= 0.3 is 0 Å². The predicted octanol–water partition coefficient (Wildman–Crippen LogP) is 0.618. The first-order chi connectivity index (χ1) is 7.63. The summed E-state index contributed by atoms with van der Waals surface area (Å²) < 4.78 is 4.95. The summed E-state index contributed by atoms with van der Waals surface area (Å²) in [6.07, 6.45) is 2.19. The van der Waals surface area contributed by atoms with Crippen LogP contribution < -0.4 is 0 Å². The Balaban J connectivity index is 2.25. The molecule has 1 atom stereocenters. The molecule has 94 valence electrons. The Hall–Kier alpha value is -0.450. The molecule has 0 bridgehead atoms. The van der Waals surface area contributed by atoms with E-state index >= 15 is 0 Å². The van der Waals surface area contributed by atoms with Crippen molar-refractivity contribution in [2.75, 3.05) is 47.4 Å². The number of methoxy groups -OCH3 is 1. The summed E-state index contributed by atoms with van der Waals surface area (Å²) in [6, 6.07) is 0.397. The highest BCUT2D eigenvalue weighted by molar-refractivity contribution is 5.79. The van der Waals surface area contributed by atoms with E-state index in [1.807, 2.05) is 0 Å². The van der Waals surface area contributed by atoms with Crippen LogP contribution in [0.5, 0.6) is 0 Å². The van der Waals surface area contributed by atoms with Crippen LogP contribution in [-0.4, -0.2) is 69.1 Å². The molecule has 0 radical (unpaired) electrons. The molecule has 4 heteroatoms. The van der Waals surface area contributed by atoms with E-state index in [-0.39, 0.29) is 0 Å². The molecule has 0 aromatic rings. The first-order valence-corrected chi connectivity index (χ1v) is 6.03. The third-order valence-electron chi connectivity index (χ3n) is 3.25. The monoisotopic (exact) mass is 228 g/mol. The number of carbonyl (C=O) groups is 1. The summed E-state index contributed by atoms with van der Waals surface area (Å²) in [5.41, 5.74) is 0. The van der Waals surface area contributed by atoms with Crippen molar-refractivity contribution in [1.82, 2.24) is 9.80 Å². The Morgan fingerprint density at radius 1 is 1.38 bits per heavy atom. The molecule has 1 fully saturated rings. The van der Waals surface area contributed by atoms with Gasteiger partial charge in [0, 0.05) is 52.2 Å². The lowest BCUT2D eigenvalue weighted by Crippen LogP contribution is -2.50. The fourth-order valence-electron chi connectivity index (χ4n) is 2.10. The zero-order valence-electron chi connectivity index (χ0n) is 10.7. The molecular formula is C12H24N2O2. The van der Waals surface area contributed by atoms with Gasteiger partial charge in [-0.15, -0.1) is 0 Å². The van der Waals surface area contributed by atoms with Crippen molar-refractivity contribution in [1.29, 1.82) is 0 Å². The zero-order chi connectivity index (χ0) is 12.0. The summed E-state index contributed by atoms with van der Waals surface area (Å²) >= 11 is 0. The number of ether oxygens (including phenoxy) is 1. The zero-order valence-corrected chi connectivity index (χ0v) is 10.7. The number of Topliss-reactive ketones (excluding diaryl/α,β-unsaturated/α-hetero) is 1. The first kappa shape index (κ1) is 13.6. The molecule has 0 spiro atoms. The smallest absolute Gasteiger partial charge is 0.134 e. The normalized spacial score (nSPS) is 23.6. The van der Waals surface area contributed by atoms with Gasteiger partial charge in [0.1, 0.15) is 5.78 Å². The molecule has 0 aliphatic carbocycles. The van der Waals surface area contributed by atoms with E-state index in [1.54, 1.807) is 7.11 Å². The summed E-state index contributed by atoms with van der Waals surface area (Å²) in [5.74, 6) is 0.365. The minimum Gasteiger partial charge on any atom is -0.385 e. The van der Waals surface area contributed by atoms with Crippen LogP contribution in [-0.2, 0) is 9.53 Å². The van der Waals surface area contributed by atoms with E-state index in [0.717, 1.165) is 26.1 Å². The molecule has 0 aromatic heterocycles. The number of nitrogens with zero attached hydrogens (tertiary/aromatic N) is 2. The molecule has 0 N–H and O–H groups in total. The molecule has 0 saturated carbocycles. The van der Waals surface area contributed by atoms with Crippen LogP contribution in [0.1, 0.15) is 19.3 Å². The van der Waals surface area contributed by atoms with Gasteiger partial charge in [-0.3, -0.25) is 4.79 Å². The number of piperazine rings is 1. The van der Waals surface area contributed by atoms with Crippen molar-refractivity contribution < 1.29 is 9.53 Å². The van der Waals surface area contributed by atoms with E-state index in [2.05, 4.69) is 23.9 Å². The molecule has 4 nitrogen and oxygen atoms in total. The Morgan fingerprint density at radius 2 is 2.12 bits per heavy atom. The summed E-state index contributed by atoms with van der Waals surface area (Å²) in [4.78, 5) is 16.3. The predicted molar refractivity (Wildman–Crippen MR) is 64.6 cm³/mol. The highest BCUT2D eigenvalue weighted by atomic mass is 16.5. The molecule has 1 rings (SSSR count). The number of carbonyl (C=O) groups excluding carboxylic acids is 1.